The highest BCUT2D eigenvalue weighted by Gasteiger charge is 2.11. The molecule has 90 valence electrons. The molecular formula is C13H21NO2. The summed E-state index contributed by atoms with van der Waals surface area (Å²) in [7, 11) is 1.59. The van der Waals surface area contributed by atoms with Crippen molar-refractivity contribution in [2.75, 3.05) is 7.11 Å². The van der Waals surface area contributed by atoms with Crippen molar-refractivity contribution in [2.45, 2.75) is 38.6 Å². The van der Waals surface area contributed by atoms with E-state index in [0.29, 0.717) is 5.75 Å². The fourth-order valence-corrected chi connectivity index (χ4v) is 1.78. The Balaban J connectivity index is 2.70. The third kappa shape index (κ3) is 3.42. The first-order valence-corrected chi connectivity index (χ1v) is 5.81. The first kappa shape index (κ1) is 12.8. The average Bonchev–Trinajstić information content (AvgIpc) is 2.29. The third-order valence-electron chi connectivity index (χ3n) is 2.74. The van der Waals surface area contributed by atoms with E-state index in [1.807, 2.05) is 6.07 Å². The number of hydrogen-bond acceptors (Lipinski definition) is 3. The lowest BCUT2D eigenvalue weighted by Gasteiger charge is -2.15. The molecule has 3 N–H and O–H groups in total. The Morgan fingerprint density at radius 3 is 2.75 bits per heavy atom. The molecule has 0 saturated carbocycles. The smallest absolute Gasteiger partial charge is 0.127 e. The van der Waals surface area contributed by atoms with Gasteiger partial charge in [0.2, 0.25) is 0 Å². The molecule has 0 spiro atoms. The molecule has 0 heterocycles. The van der Waals surface area contributed by atoms with E-state index < -0.39 is 0 Å². The molecule has 1 aromatic carbocycles. The van der Waals surface area contributed by atoms with Crippen molar-refractivity contribution in [3.63, 3.8) is 0 Å². The van der Waals surface area contributed by atoms with Crippen molar-refractivity contribution in [3.05, 3.63) is 23.8 Å². The van der Waals surface area contributed by atoms with Gasteiger partial charge in [0.05, 0.1) is 7.11 Å². The molecule has 0 bridgehead atoms. The van der Waals surface area contributed by atoms with Gasteiger partial charge >= 0.3 is 0 Å². The van der Waals surface area contributed by atoms with Crippen LogP contribution >= 0.6 is 0 Å². The van der Waals surface area contributed by atoms with Crippen LogP contribution in [0.2, 0.25) is 0 Å². The van der Waals surface area contributed by atoms with Gasteiger partial charge in [-0.25, -0.2) is 0 Å². The van der Waals surface area contributed by atoms with Crippen LogP contribution < -0.4 is 10.5 Å². The minimum absolute atomic E-state index is 0.0119. The highest BCUT2D eigenvalue weighted by atomic mass is 16.5. The highest BCUT2D eigenvalue weighted by Crippen LogP contribution is 2.30. The molecular weight excluding hydrogens is 202 g/mol. The molecule has 0 aliphatic carbocycles. The zero-order valence-corrected chi connectivity index (χ0v) is 10.1. The number of rotatable bonds is 6. The van der Waals surface area contributed by atoms with Crippen LogP contribution in [0.3, 0.4) is 0 Å². The van der Waals surface area contributed by atoms with Crippen LogP contribution in [0.1, 0.15) is 44.2 Å². The lowest BCUT2D eigenvalue weighted by molar-refractivity contribution is 0.396. The van der Waals surface area contributed by atoms with Crippen molar-refractivity contribution in [2.24, 2.45) is 5.73 Å². The molecule has 0 radical (unpaired) electrons. The molecule has 0 aromatic heterocycles. The summed E-state index contributed by atoms with van der Waals surface area (Å²) in [6.45, 7) is 2.17. The number of unbranched alkanes of at least 4 members (excludes halogenated alkanes) is 2. The quantitative estimate of drug-likeness (QED) is 0.729. The van der Waals surface area contributed by atoms with E-state index in [-0.39, 0.29) is 11.8 Å². The van der Waals surface area contributed by atoms with Gasteiger partial charge in [0, 0.05) is 17.7 Å². The number of methoxy groups -OCH3 is 1. The van der Waals surface area contributed by atoms with E-state index in [4.69, 9.17) is 10.5 Å². The van der Waals surface area contributed by atoms with E-state index in [9.17, 15) is 5.11 Å². The number of hydrogen-bond donors (Lipinski definition) is 2. The van der Waals surface area contributed by atoms with Gasteiger partial charge in [-0.3, -0.25) is 0 Å². The van der Waals surface area contributed by atoms with Gasteiger partial charge in [-0.05, 0) is 12.5 Å². The van der Waals surface area contributed by atoms with E-state index in [2.05, 4.69) is 6.92 Å². The predicted octanol–water partition coefficient (Wildman–Crippen LogP) is 2.98. The Kier molecular flexibility index (Phi) is 5.12. The summed E-state index contributed by atoms with van der Waals surface area (Å²) in [5, 5.41) is 9.34. The maximum atomic E-state index is 9.34. The molecule has 1 atom stereocenters. The summed E-state index contributed by atoms with van der Waals surface area (Å²) in [6.07, 6.45) is 4.48. The standard InChI is InChI=1S/C13H21NO2/c1-3-4-5-6-12(14)11-8-7-10(15)9-13(11)16-2/h7-9,12,15H,3-6,14H2,1-2H3/t12-/m0/s1. The van der Waals surface area contributed by atoms with Crippen molar-refractivity contribution < 1.29 is 9.84 Å². The predicted molar refractivity (Wildman–Crippen MR) is 65.7 cm³/mol. The Bertz CT molecular complexity index is 326. The Hall–Kier alpha value is -1.22. The van der Waals surface area contributed by atoms with Gasteiger partial charge in [-0.1, -0.05) is 32.3 Å². The number of phenols is 1. The maximum Gasteiger partial charge on any atom is 0.127 e. The molecule has 3 heteroatoms. The SMILES string of the molecule is CCCCC[C@H](N)c1ccc(O)cc1OC. The zero-order valence-electron chi connectivity index (χ0n) is 10.1. The third-order valence-corrected chi connectivity index (χ3v) is 2.74. The lowest BCUT2D eigenvalue weighted by Crippen LogP contribution is -2.11. The fourth-order valence-electron chi connectivity index (χ4n) is 1.78. The Labute approximate surface area is 97.2 Å². The lowest BCUT2D eigenvalue weighted by atomic mass is 10.0. The van der Waals surface area contributed by atoms with Crippen LogP contribution in [0.25, 0.3) is 0 Å². The number of phenolic OH excluding ortho intramolecular Hbond substituents is 1. The highest BCUT2D eigenvalue weighted by molar-refractivity contribution is 5.41. The van der Waals surface area contributed by atoms with Crippen LogP contribution in [0.15, 0.2) is 18.2 Å². The van der Waals surface area contributed by atoms with E-state index >= 15 is 0 Å². The van der Waals surface area contributed by atoms with Gasteiger partial charge in [0.1, 0.15) is 11.5 Å². The molecule has 1 rings (SSSR count). The van der Waals surface area contributed by atoms with E-state index in [0.717, 1.165) is 18.4 Å². The monoisotopic (exact) mass is 223 g/mol. The second-order valence-corrected chi connectivity index (χ2v) is 4.03. The maximum absolute atomic E-state index is 9.34. The zero-order chi connectivity index (χ0) is 12.0. The minimum Gasteiger partial charge on any atom is -0.508 e. The molecule has 1 aromatic rings. The molecule has 0 aliphatic rings. The molecule has 0 amide bonds. The first-order valence-electron chi connectivity index (χ1n) is 5.81. The summed E-state index contributed by atoms with van der Waals surface area (Å²) in [5.41, 5.74) is 7.07. The van der Waals surface area contributed by atoms with Crippen LogP contribution in [-0.4, -0.2) is 12.2 Å². The molecule has 0 unspecified atom stereocenters. The number of benzene rings is 1. The van der Waals surface area contributed by atoms with E-state index in [1.165, 1.54) is 12.8 Å². The van der Waals surface area contributed by atoms with Crippen LogP contribution in [0.4, 0.5) is 0 Å². The van der Waals surface area contributed by atoms with Gasteiger partial charge in [0.15, 0.2) is 0 Å². The normalized spacial score (nSPS) is 12.4. The average molecular weight is 223 g/mol. The first-order chi connectivity index (χ1) is 7.69. The number of aromatic hydroxyl groups is 1. The van der Waals surface area contributed by atoms with Crippen molar-refractivity contribution in [1.82, 2.24) is 0 Å². The van der Waals surface area contributed by atoms with Crippen LogP contribution in [-0.2, 0) is 0 Å². The number of nitrogens with two attached hydrogens (primary N) is 1. The summed E-state index contributed by atoms with van der Waals surface area (Å²) in [4.78, 5) is 0. The molecule has 0 saturated heterocycles. The van der Waals surface area contributed by atoms with E-state index in [1.54, 1.807) is 19.2 Å². The van der Waals surface area contributed by atoms with Crippen LogP contribution in [0.5, 0.6) is 11.5 Å². The minimum atomic E-state index is -0.0119. The van der Waals surface area contributed by atoms with Crippen LogP contribution in [0, 0.1) is 0 Å². The Morgan fingerprint density at radius 2 is 2.12 bits per heavy atom. The Morgan fingerprint density at radius 1 is 1.38 bits per heavy atom. The molecule has 0 aliphatic heterocycles. The molecule has 3 nitrogen and oxygen atoms in total. The summed E-state index contributed by atoms with van der Waals surface area (Å²) < 4.78 is 5.21. The number of ether oxygens (including phenoxy) is 1. The van der Waals surface area contributed by atoms with Crippen molar-refractivity contribution in [3.8, 4) is 11.5 Å². The summed E-state index contributed by atoms with van der Waals surface area (Å²) in [6, 6.07) is 5.08. The summed E-state index contributed by atoms with van der Waals surface area (Å²) in [5.74, 6) is 0.880. The topological polar surface area (TPSA) is 55.5 Å². The second kappa shape index (κ2) is 6.38. The largest absolute Gasteiger partial charge is 0.508 e. The van der Waals surface area contributed by atoms with Crippen molar-refractivity contribution in [1.29, 1.82) is 0 Å². The molecule has 0 fully saturated rings. The van der Waals surface area contributed by atoms with Gasteiger partial charge in [0.25, 0.3) is 0 Å². The fraction of sp³-hybridized carbons (Fsp3) is 0.538. The van der Waals surface area contributed by atoms with Gasteiger partial charge < -0.3 is 15.6 Å². The summed E-state index contributed by atoms with van der Waals surface area (Å²) >= 11 is 0. The van der Waals surface area contributed by atoms with Crippen molar-refractivity contribution >= 4 is 0 Å². The van der Waals surface area contributed by atoms with Gasteiger partial charge in [-0.2, -0.15) is 0 Å². The second-order valence-electron chi connectivity index (χ2n) is 4.03. The molecule has 16 heavy (non-hydrogen) atoms. The van der Waals surface area contributed by atoms with Gasteiger partial charge in [-0.15, -0.1) is 0 Å².